The Labute approximate surface area is 176 Å². The molecule has 5 heteroatoms. The number of nitrogens with one attached hydrogen (secondary N) is 2. The number of anilines is 1. The maximum absolute atomic E-state index is 12.1. The minimum Gasteiger partial charge on any atom is -0.497 e. The second-order valence-corrected chi connectivity index (χ2v) is 6.64. The maximum Gasteiger partial charge on any atom is 0.244 e. The van der Waals surface area contributed by atoms with E-state index in [4.69, 9.17) is 4.74 Å². The molecule has 0 aliphatic heterocycles. The topological polar surface area (TPSA) is 67.4 Å². The summed E-state index contributed by atoms with van der Waals surface area (Å²) in [5.41, 5.74) is 3.83. The van der Waals surface area contributed by atoms with Gasteiger partial charge in [0.2, 0.25) is 11.8 Å². The quantitative estimate of drug-likeness (QED) is 0.546. The Kier molecular flexibility index (Phi) is 7.39. The number of ether oxygens (including phenoxy) is 1. The van der Waals surface area contributed by atoms with Crippen LogP contribution in [-0.4, -0.2) is 25.5 Å². The third-order valence-corrected chi connectivity index (χ3v) is 4.47. The van der Waals surface area contributed by atoms with Gasteiger partial charge in [-0.2, -0.15) is 0 Å². The molecule has 3 rings (SSSR count). The summed E-state index contributed by atoms with van der Waals surface area (Å²) < 4.78 is 5.10. The first-order chi connectivity index (χ1) is 14.6. The zero-order valence-electron chi connectivity index (χ0n) is 16.8. The lowest BCUT2D eigenvalue weighted by atomic mass is 10.1. The molecule has 0 saturated heterocycles. The van der Waals surface area contributed by atoms with Crippen LogP contribution in [0.2, 0.25) is 0 Å². The Bertz CT molecular complexity index is 995. The van der Waals surface area contributed by atoms with Crippen molar-refractivity contribution in [3.05, 3.63) is 90.5 Å². The molecule has 0 aliphatic rings. The zero-order valence-corrected chi connectivity index (χ0v) is 16.8. The Hall–Kier alpha value is -3.86. The van der Waals surface area contributed by atoms with E-state index in [1.54, 1.807) is 13.2 Å². The molecule has 0 radical (unpaired) electrons. The fourth-order valence-electron chi connectivity index (χ4n) is 2.85. The lowest BCUT2D eigenvalue weighted by Gasteiger charge is -2.07. The molecule has 2 amide bonds. The van der Waals surface area contributed by atoms with E-state index in [-0.39, 0.29) is 24.8 Å². The predicted octanol–water partition coefficient (Wildman–Crippen LogP) is 4.52. The molecule has 0 unspecified atom stereocenters. The Morgan fingerprint density at radius 1 is 0.867 bits per heavy atom. The average Bonchev–Trinajstić information content (AvgIpc) is 2.79. The highest BCUT2D eigenvalue weighted by Gasteiger charge is 2.04. The molecule has 0 heterocycles. The fraction of sp³-hybridized carbons (Fsp3) is 0.120. The second-order valence-electron chi connectivity index (χ2n) is 6.64. The highest BCUT2D eigenvalue weighted by molar-refractivity contribution is 5.93. The van der Waals surface area contributed by atoms with E-state index in [9.17, 15) is 9.59 Å². The lowest BCUT2D eigenvalue weighted by Crippen LogP contribution is -2.26. The van der Waals surface area contributed by atoms with Gasteiger partial charge in [-0.1, -0.05) is 54.6 Å². The molecule has 0 aromatic heterocycles. The van der Waals surface area contributed by atoms with Crippen molar-refractivity contribution in [2.75, 3.05) is 19.0 Å². The van der Waals surface area contributed by atoms with Crippen LogP contribution in [0.5, 0.6) is 5.75 Å². The molecule has 0 atom stereocenters. The smallest absolute Gasteiger partial charge is 0.244 e. The van der Waals surface area contributed by atoms with Crippen LogP contribution in [0, 0.1) is 0 Å². The van der Waals surface area contributed by atoms with Crippen molar-refractivity contribution in [3.63, 3.8) is 0 Å². The number of carbonyl (C=O) groups is 2. The van der Waals surface area contributed by atoms with Crippen LogP contribution in [0.15, 0.2) is 84.9 Å². The standard InChI is InChI=1S/C25H24N2O3/c1-30-23-14-7-19(8-15-23)9-16-24(28)26-18-17-25(29)27-22-12-10-21(11-13-22)20-5-3-2-4-6-20/h2-16H,17-18H2,1H3,(H,26,28)(H,27,29)/b16-9+. The van der Waals surface area contributed by atoms with Gasteiger partial charge < -0.3 is 15.4 Å². The Morgan fingerprint density at radius 3 is 2.20 bits per heavy atom. The van der Waals surface area contributed by atoms with Crippen LogP contribution >= 0.6 is 0 Å². The molecule has 152 valence electrons. The summed E-state index contributed by atoms with van der Waals surface area (Å²) >= 11 is 0. The maximum atomic E-state index is 12.1. The van der Waals surface area contributed by atoms with Gasteiger partial charge in [-0.25, -0.2) is 0 Å². The number of carbonyl (C=O) groups excluding carboxylic acids is 2. The monoisotopic (exact) mass is 400 g/mol. The molecule has 30 heavy (non-hydrogen) atoms. The molecular weight excluding hydrogens is 376 g/mol. The van der Waals surface area contributed by atoms with Crippen molar-refractivity contribution in [1.82, 2.24) is 5.32 Å². The second kappa shape index (κ2) is 10.6. The average molecular weight is 400 g/mol. The van der Waals surface area contributed by atoms with Gasteiger partial charge in [0.25, 0.3) is 0 Å². The van der Waals surface area contributed by atoms with Crippen molar-refractivity contribution < 1.29 is 14.3 Å². The largest absolute Gasteiger partial charge is 0.497 e. The summed E-state index contributed by atoms with van der Waals surface area (Å²) in [7, 11) is 1.61. The zero-order chi connectivity index (χ0) is 21.2. The van der Waals surface area contributed by atoms with E-state index in [0.717, 1.165) is 28.1 Å². The normalized spacial score (nSPS) is 10.6. The first kappa shape index (κ1) is 20.9. The summed E-state index contributed by atoms with van der Waals surface area (Å²) in [6.07, 6.45) is 3.35. The summed E-state index contributed by atoms with van der Waals surface area (Å²) in [5, 5.41) is 5.55. The van der Waals surface area contributed by atoms with Gasteiger partial charge in [-0.3, -0.25) is 9.59 Å². The number of amides is 2. The van der Waals surface area contributed by atoms with E-state index in [1.807, 2.05) is 78.9 Å². The van der Waals surface area contributed by atoms with E-state index in [0.29, 0.717) is 0 Å². The van der Waals surface area contributed by atoms with E-state index < -0.39 is 0 Å². The van der Waals surface area contributed by atoms with Crippen molar-refractivity contribution in [3.8, 4) is 16.9 Å². The van der Waals surface area contributed by atoms with Gasteiger partial charge in [0.05, 0.1) is 7.11 Å². The lowest BCUT2D eigenvalue weighted by molar-refractivity contribution is -0.117. The van der Waals surface area contributed by atoms with Crippen LogP contribution in [-0.2, 0) is 9.59 Å². The predicted molar refractivity (Wildman–Crippen MR) is 120 cm³/mol. The number of rotatable bonds is 8. The number of benzene rings is 3. The van der Waals surface area contributed by atoms with Gasteiger partial charge in [0.1, 0.15) is 5.75 Å². The molecule has 0 spiro atoms. The SMILES string of the molecule is COc1ccc(/C=C/C(=O)NCCC(=O)Nc2ccc(-c3ccccc3)cc2)cc1. The summed E-state index contributed by atoms with van der Waals surface area (Å²) in [6.45, 7) is 0.264. The van der Waals surface area contributed by atoms with Gasteiger partial charge >= 0.3 is 0 Å². The van der Waals surface area contributed by atoms with Crippen molar-refractivity contribution in [2.24, 2.45) is 0 Å². The highest BCUT2D eigenvalue weighted by Crippen LogP contribution is 2.21. The van der Waals surface area contributed by atoms with Crippen LogP contribution in [0.4, 0.5) is 5.69 Å². The highest BCUT2D eigenvalue weighted by atomic mass is 16.5. The van der Waals surface area contributed by atoms with E-state index in [2.05, 4.69) is 10.6 Å². The van der Waals surface area contributed by atoms with Crippen molar-refractivity contribution in [1.29, 1.82) is 0 Å². The number of methoxy groups -OCH3 is 1. The van der Waals surface area contributed by atoms with E-state index in [1.165, 1.54) is 6.08 Å². The van der Waals surface area contributed by atoms with Gasteiger partial charge in [-0.15, -0.1) is 0 Å². The van der Waals surface area contributed by atoms with Gasteiger partial charge in [0, 0.05) is 24.7 Å². The Morgan fingerprint density at radius 2 is 1.53 bits per heavy atom. The first-order valence-electron chi connectivity index (χ1n) is 9.69. The summed E-state index contributed by atoms with van der Waals surface area (Å²) in [5.74, 6) is 0.366. The first-order valence-corrected chi connectivity index (χ1v) is 9.69. The van der Waals surface area contributed by atoms with Gasteiger partial charge in [-0.05, 0) is 47.0 Å². The van der Waals surface area contributed by atoms with Crippen LogP contribution in [0.3, 0.4) is 0 Å². The third-order valence-electron chi connectivity index (χ3n) is 4.47. The van der Waals surface area contributed by atoms with Crippen LogP contribution in [0.1, 0.15) is 12.0 Å². The van der Waals surface area contributed by atoms with Crippen LogP contribution in [0.25, 0.3) is 17.2 Å². The molecule has 3 aromatic carbocycles. The minimum absolute atomic E-state index is 0.151. The molecule has 0 saturated carbocycles. The van der Waals surface area contributed by atoms with E-state index >= 15 is 0 Å². The molecule has 0 aliphatic carbocycles. The fourth-order valence-corrected chi connectivity index (χ4v) is 2.85. The molecular formula is C25H24N2O3. The minimum atomic E-state index is -0.245. The van der Waals surface area contributed by atoms with Crippen LogP contribution < -0.4 is 15.4 Å². The summed E-state index contributed by atoms with van der Waals surface area (Å²) in [4.78, 5) is 24.0. The van der Waals surface area contributed by atoms with Crippen molar-refractivity contribution >= 4 is 23.6 Å². The molecule has 3 aromatic rings. The number of hydrogen-bond acceptors (Lipinski definition) is 3. The molecule has 5 nitrogen and oxygen atoms in total. The van der Waals surface area contributed by atoms with Gasteiger partial charge in [0.15, 0.2) is 0 Å². The molecule has 2 N–H and O–H groups in total. The number of hydrogen-bond donors (Lipinski definition) is 2. The Balaban J connectivity index is 1.41. The third kappa shape index (κ3) is 6.34. The molecule has 0 fully saturated rings. The van der Waals surface area contributed by atoms with Crippen molar-refractivity contribution in [2.45, 2.75) is 6.42 Å². The molecule has 0 bridgehead atoms. The summed E-state index contributed by atoms with van der Waals surface area (Å²) in [6, 6.07) is 25.1.